The highest BCUT2D eigenvalue weighted by atomic mass is 15.3. The fraction of sp³-hybridized carbons (Fsp3) is 0.957. The van der Waals surface area contributed by atoms with Crippen LogP contribution < -0.4 is 0 Å². The van der Waals surface area contributed by atoms with Crippen molar-refractivity contribution in [2.24, 2.45) is 0 Å². The molecule has 0 N–H and O–H groups in total. The van der Waals surface area contributed by atoms with Crippen LogP contribution in [0.25, 0.3) is 0 Å². The molecule has 0 aromatic rings. The van der Waals surface area contributed by atoms with Crippen molar-refractivity contribution in [1.29, 1.82) is 0 Å². The van der Waals surface area contributed by atoms with Gasteiger partial charge < -0.3 is 0 Å². The first-order valence-corrected chi connectivity index (χ1v) is 11.5. The fourth-order valence-electron chi connectivity index (χ4n) is 5.62. The minimum absolute atomic E-state index is 0.406. The summed E-state index contributed by atoms with van der Waals surface area (Å²) in [7, 11) is 0. The molecule has 2 nitrogen and oxygen atoms in total. The molecule has 0 fully saturated rings. The maximum absolute atomic E-state index is 2.78. The lowest BCUT2D eigenvalue weighted by molar-refractivity contribution is -0.602. The highest BCUT2D eigenvalue weighted by Gasteiger charge is 2.45. The van der Waals surface area contributed by atoms with Gasteiger partial charge in [0.2, 0.25) is 6.34 Å². The van der Waals surface area contributed by atoms with E-state index in [1.807, 2.05) is 0 Å². The van der Waals surface area contributed by atoms with Crippen LogP contribution in [-0.2, 0) is 0 Å². The third kappa shape index (κ3) is 5.47. The van der Waals surface area contributed by atoms with E-state index in [1.54, 1.807) is 0 Å². The van der Waals surface area contributed by atoms with Crippen LogP contribution in [0.1, 0.15) is 119 Å². The zero-order chi connectivity index (χ0) is 18.8. The average Bonchev–Trinajstić information content (AvgIpc) is 3.07. The summed E-state index contributed by atoms with van der Waals surface area (Å²) in [5.41, 5.74) is 0.812. The molecule has 148 valence electrons. The largest absolute Gasteiger partial charge is 0.259 e. The summed E-state index contributed by atoms with van der Waals surface area (Å²) in [5.74, 6) is 0. The van der Waals surface area contributed by atoms with Gasteiger partial charge in [-0.1, -0.05) is 80.1 Å². The third-order valence-electron chi connectivity index (χ3n) is 6.37. The van der Waals surface area contributed by atoms with Crippen molar-refractivity contribution in [1.82, 2.24) is 4.90 Å². The molecule has 0 saturated heterocycles. The lowest BCUT2D eigenvalue weighted by atomic mass is 9.83. The Hall–Kier alpha value is -0.530. The predicted molar refractivity (Wildman–Crippen MR) is 113 cm³/mol. The van der Waals surface area contributed by atoms with Gasteiger partial charge in [-0.05, 0) is 38.5 Å². The maximum Gasteiger partial charge on any atom is 0.235 e. The molecule has 1 aliphatic heterocycles. The Morgan fingerprint density at radius 3 is 1.44 bits per heavy atom. The van der Waals surface area contributed by atoms with E-state index in [9.17, 15) is 0 Å². The Kier molecular flexibility index (Phi) is 10.1. The second kappa shape index (κ2) is 11.2. The topological polar surface area (TPSA) is 6.25 Å². The number of hydrogen-bond donors (Lipinski definition) is 0. The first kappa shape index (κ1) is 22.5. The van der Waals surface area contributed by atoms with E-state index < -0.39 is 0 Å². The van der Waals surface area contributed by atoms with Gasteiger partial charge in [0.15, 0.2) is 0 Å². The van der Waals surface area contributed by atoms with Gasteiger partial charge in [-0.25, -0.2) is 0 Å². The lowest BCUT2D eigenvalue weighted by Crippen LogP contribution is -2.47. The molecule has 0 radical (unpaired) electrons. The van der Waals surface area contributed by atoms with Crippen molar-refractivity contribution in [2.45, 2.75) is 130 Å². The monoisotopic (exact) mass is 351 g/mol. The van der Waals surface area contributed by atoms with Crippen molar-refractivity contribution >= 4 is 6.34 Å². The summed E-state index contributed by atoms with van der Waals surface area (Å²) in [5, 5.41) is 0. The summed E-state index contributed by atoms with van der Waals surface area (Å²) < 4.78 is 2.78. The number of hydrogen-bond acceptors (Lipinski definition) is 1. The zero-order valence-corrected chi connectivity index (χ0v) is 18.4. The van der Waals surface area contributed by atoms with E-state index in [2.05, 4.69) is 57.4 Å². The molecule has 0 spiro atoms. The van der Waals surface area contributed by atoms with E-state index in [4.69, 9.17) is 0 Å². The van der Waals surface area contributed by atoms with Crippen LogP contribution >= 0.6 is 0 Å². The van der Waals surface area contributed by atoms with Crippen molar-refractivity contribution in [3.8, 4) is 0 Å². The summed E-state index contributed by atoms with van der Waals surface area (Å²) in [6.45, 7) is 16.7. The normalized spacial score (nSPS) is 15.8. The van der Waals surface area contributed by atoms with Gasteiger partial charge in [0.05, 0.1) is 0 Å². The van der Waals surface area contributed by atoms with E-state index in [1.165, 1.54) is 90.1 Å². The van der Waals surface area contributed by atoms with Gasteiger partial charge in [-0.15, -0.1) is 0 Å². The van der Waals surface area contributed by atoms with Crippen LogP contribution in [0, 0.1) is 0 Å². The highest BCUT2D eigenvalue weighted by molar-refractivity contribution is 5.52. The molecule has 0 unspecified atom stereocenters. The molecule has 2 heteroatoms. The summed E-state index contributed by atoms with van der Waals surface area (Å²) in [6, 6.07) is 0. The van der Waals surface area contributed by atoms with E-state index in [0.717, 1.165) is 0 Å². The van der Waals surface area contributed by atoms with Gasteiger partial charge in [-0.2, -0.15) is 0 Å². The van der Waals surface area contributed by atoms with Crippen molar-refractivity contribution in [2.75, 3.05) is 13.1 Å². The molecule has 0 bridgehead atoms. The van der Waals surface area contributed by atoms with Crippen molar-refractivity contribution < 1.29 is 4.58 Å². The van der Waals surface area contributed by atoms with Gasteiger partial charge in [0.25, 0.3) is 0 Å². The second-order valence-corrected chi connectivity index (χ2v) is 8.45. The highest BCUT2D eigenvalue weighted by Crippen LogP contribution is 2.35. The summed E-state index contributed by atoms with van der Waals surface area (Å²) >= 11 is 0. The predicted octanol–water partition coefficient (Wildman–Crippen LogP) is 6.62. The standard InChI is InChI=1S/C23H47N2/c1-7-13-22(14-8-2,15-9-3)24-19-20-25(21-24)23(16-10-4,17-11-5)18-12-6/h21H,7-20H2,1-6H3/q+1. The molecule has 0 saturated carbocycles. The maximum atomic E-state index is 2.78. The molecule has 1 heterocycles. The number of nitrogens with zero attached hydrogens (tertiary/aromatic N) is 2. The first-order chi connectivity index (χ1) is 12.1. The van der Waals surface area contributed by atoms with Crippen LogP contribution in [0.3, 0.4) is 0 Å². The lowest BCUT2D eigenvalue weighted by Gasteiger charge is -2.36. The smallest absolute Gasteiger partial charge is 0.235 e. The molecular weight excluding hydrogens is 304 g/mol. The molecule has 0 amide bonds. The summed E-state index contributed by atoms with van der Waals surface area (Å²) in [6.07, 6.45) is 18.5. The molecule has 0 atom stereocenters. The Labute approximate surface area is 159 Å². The van der Waals surface area contributed by atoms with Gasteiger partial charge in [0.1, 0.15) is 24.2 Å². The minimum atomic E-state index is 0.406. The Balaban J connectivity index is 3.16. The number of rotatable bonds is 14. The first-order valence-electron chi connectivity index (χ1n) is 11.5. The SMILES string of the molecule is CCCC(CCC)(CCC)N1C=[N+](C(CCC)(CCC)CCC)CC1. The van der Waals surface area contributed by atoms with E-state index in [-0.39, 0.29) is 0 Å². The fourth-order valence-corrected chi connectivity index (χ4v) is 5.62. The van der Waals surface area contributed by atoms with Crippen LogP contribution in [0.4, 0.5) is 0 Å². The average molecular weight is 352 g/mol. The zero-order valence-electron chi connectivity index (χ0n) is 18.4. The van der Waals surface area contributed by atoms with Gasteiger partial charge in [-0.3, -0.25) is 9.48 Å². The Bertz CT molecular complexity index is 352. The van der Waals surface area contributed by atoms with E-state index >= 15 is 0 Å². The third-order valence-corrected chi connectivity index (χ3v) is 6.37. The van der Waals surface area contributed by atoms with E-state index in [0.29, 0.717) is 11.1 Å². The summed E-state index contributed by atoms with van der Waals surface area (Å²) in [4.78, 5) is 2.78. The molecule has 25 heavy (non-hydrogen) atoms. The molecule has 0 aliphatic carbocycles. The second-order valence-electron chi connectivity index (χ2n) is 8.45. The van der Waals surface area contributed by atoms with Gasteiger partial charge >= 0.3 is 0 Å². The van der Waals surface area contributed by atoms with Gasteiger partial charge in [0, 0.05) is 0 Å². The quantitative estimate of drug-likeness (QED) is 0.319. The molecule has 0 aromatic heterocycles. The molecular formula is C23H47N2+. The van der Waals surface area contributed by atoms with Crippen molar-refractivity contribution in [3.63, 3.8) is 0 Å². The van der Waals surface area contributed by atoms with Crippen LogP contribution in [0.15, 0.2) is 0 Å². The van der Waals surface area contributed by atoms with Crippen LogP contribution in [0.5, 0.6) is 0 Å². The minimum Gasteiger partial charge on any atom is -0.259 e. The Morgan fingerprint density at radius 2 is 1.08 bits per heavy atom. The molecule has 0 aromatic carbocycles. The van der Waals surface area contributed by atoms with Crippen LogP contribution in [0.2, 0.25) is 0 Å². The molecule has 1 rings (SSSR count). The van der Waals surface area contributed by atoms with Crippen LogP contribution in [-0.4, -0.2) is 40.0 Å². The van der Waals surface area contributed by atoms with Crippen molar-refractivity contribution in [3.05, 3.63) is 0 Å². The molecule has 1 aliphatic rings. The Morgan fingerprint density at radius 1 is 0.680 bits per heavy atom.